The number of nitrogens with zero attached hydrogens (tertiary/aromatic N) is 2. The molecule has 4 aliphatic carbocycles. The average molecular weight is 364 g/mol. The molecule has 0 amide bonds. The zero-order valence-electron chi connectivity index (χ0n) is 14.5. The van der Waals surface area contributed by atoms with E-state index in [0.717, 1.165) is 56.5 Å². The lowest BCUT2D eigenvalue weighted by molar-refractivity contribution is -0.0518. The van der Waals surface area contributed by atoms with Gasteiger partial charge in [-0.15, -0.1) is 0 Å². The third-order valence-electron chi connectivity index (χ3n) is 6.92. The molecule has 5 fully saturated rings. The topological polar surface area (TPSA) is 56.1 Å². The number of anilines is 1. The summed E-state index contributed by atoms with van der Waals surface area (Å²) in [4.78, 5) is 13.0. The number of halogens is 1. The lowest BCUT2D eigenvalue weighted by Crippen LogP contribution is -2.55. The van der Waals surface area contributed by atoms with E-state index in [0.29, 0.717) is 12.2 Å². The molecule has 0 aromatic carbocycles. The van der Waals surface area contributed by atoms with Gasteiger partial charge in [-0.1, -0.05) is 11.6 Å². The zero-order chi connectivity index (χ0) is 17.0. The van der Waals surface area contributed by atoms with Crippen LogP contribution in [0.1, 0.15) is 51.4 Å². The average Bonchev–Trinajstić information content (AvgIpc) is 3.08. The van der Waals surface area contributed by atoms with Crippen molar-refractivity contribution in [1.29, 1.82) is 0 Å². The van der Waals surface area contributed by atoms with Gasteiger partial charge in [-0.05, 0) is 69.1 Å². The molecule has 4 bridgehead atoms. The van der Waals surface area contributed by atoms with Crippen LogP contribution in [-0.2, 0) is 10.3 Å². The van der Waals surface area contributed by atoms with Gasteiger partial charge in [0.15, 0.2) is 0 Å². The van der Waals surface area contributed by atoms with E-state index in [-0.39, 0.29) is 22.2 Å². The van der Waals surface area contributed by atoms with Gasteiger partial charge in [0, 0.05) is 13.2 Å². The maximum Gasteiger partial charge on any atom is 0.288 e. The van der Waals surface area contributed by atoms with Crippen LogP contribution in [0.4, 0.5) is 5.69 Å². The molecule has 0 unspecified atom stereocenters. The molecule has 6 rings (SSSR count). The van der Waals surface area contributed by atoms with E-state index in [1.807, 2.05) is 0 Å². The van der Waals surface area contributed by atoms with Crippen molar-refractivity contribution < 1.29 is 4.74 Å². The maximum absolute atomic E-state index is 13.0. The predicted octanol–water partition coefficient (Wildman–Crippen LogP) is 3.41. The Morgan fingerprint density at radius 3 is 2.52 bits per heavy atom. The molecule has 136 valence electrons. The summed E-state index contributed by atoms with van der Waals surface area (Å²) in [6, 6.07) is 0. The highest BCUT2D eigenvalue weighted by Gasteiger charge is 2.53. The Kier molecular flexibility index (Phi) is 3.86. The first-order valence-corrected chi connectivity index (χ1v) is 10.1. The van der Waals surface area contributed by atoms with E-state index in [4.69, 9.17) is 16.3 Å². The van der Waals surface area contributed by atoms with E-state index < -0.39 is 0 Å². The second-order valence-electron chi connectivity index (χ2n) is 8.75. The molecule has 0 spiro atoms. The first kappa shape index (κ1) is 16.1. The van der Waals surface area contributed by atoms with Gasteiger partial charge < -0.3 is 10.1 Å². The van der Waals surface area contributed by atoms with Crippen LogP contribution in [0.2, 0.25) is 5.02 Å². The van der Waals surface area contributed by atoms with E-state index in [2.05, 4.69) is 10.4 Å². The van der Waals surface area contributed by atoms with Crippen LogP contribution < -0.4 is 10.9 Å². The summed E-state index contributed by atoms with van der Waals surface area (Å²) >= 11 is 6.45. The minimum atomic E-state index is -0.124. The van der Waals surface area contributed by atoms with Crippen molar-refractivity contribution in [1.82, 2.24) is 9.78 Å². The molecule has 5 aliphatic rings. The first-order valence-electron chi connectivity index (χ1n) is 9.77. The molecule has 25 heavy (non-hydrogen) atoms. The lowest BCUT2D eigenvalue weighted by atomic mass is 9.53. The quantitative estimate of drug-likeness (QED) is 0.890. The first-order chi connectivity index (χ1) is 12.1. The van der Waals surface area contributed by atoms with Crippen LogP contribution in [0.5, 0.6) is 0 Å². The molecule has 5 nitrogen and oxygen atoms in total. The molecule has 4 saturated carbocycles. The second-order valence-corrected chi connectivity index (χ2v) is 9.12. The summed E-state index contributed by atoms with van der Waals surface area (Å²) in [5, 5.41) is 8.14. The van der Waals surface area contributed by atoms with Gasteiger partial charge in [-0.25, -0.2) is 4.68 Å². The van der Waals surface area contributed by atoms with Crippen LogP contribution in [0.15, 0.2) is 11.0 Å². The monoisotopic (exact) mass is 363 g/mol. The summed E-state index contributed by atoms with van der Waals surface area (Å²) in [7, 11) is 0. The highest BCUT2D eigenvalue weighted by Crippen LogP contribution is 2.58. The van der Waals surface area contributed by atoms with Crippen molar-refractivity contribution in [3.05, 3.63) is 21.6 Å². The number of hydrogen-bond acceptors (Lipinski definition) is 4. The van der Waals surface area contributed by atoms with Crippen LogP contribution in [0.25, 0.3) is 0 Å². The molecule has 1 N–H and O–H groups in total. The lowest BCUT2D eigenvalue weighted by Gasteiger charge is -2.56. The zero-order valence-corrected chi connectivity index (χ0v) is 15.3. The van der Waals surface area contributed by atoms with Crippen molar-refractivity contribution >= 4 is 17.3 Å². The molecular weight excluding hydrogens is 338 g/mol. The van der Waals surface area contributed by atoms with Gasteiger partial charge in [0.1, 0.15) is 5.02 Å². The van der Waals surface area contributed by atoms with Gasteiger partial charge in [0.2, 0.25) is 0 Å². The van der Waals surface area contributed by atoms with Crippen LogP contribution in [0.3, 0.4) is 0 Å². The van der Waals surface area contributed by atoms with Gasteiger partial charge >= 0.3 is 0 Å². The summed E-state index contributed by atoms with van der Waals surface area (Å²) in [6.45, 7) is 1.51. The van der Waals surface area contributed by atoms with Gasteiger partial charge in [0.25, 0.3) is 5.56 Å². The summed E-state index contributed by atoms with van der Waals surface area (Å²) in [5.41, 5.74) is 0.437. The Labute approximate surface area is 153 Å². The molecule has 2 heterocycles. The predicted molar refractivity (Wildman–Crippen MR) is 97.1 cm³/mol. The Bertz CT molecular complexity index is 691. The van der Waals surface area contributed by atoms with E-state index in [9.17, 15) is 4.79 Å². The van der Waals surface area contributed by atoms with Crippen molar-refractivity contribution in [2.45, 2.75) is 63.0 Å². The second kappa shape index (κ2) is 5.98. The van der Waals surface area contributed by atoms with E-state index >= 15 is 0 Å². The fourth-order valence-electron chi connectivity index (χ4n) is 6.25. The van der Waals surface area contributed by atoms with Crippen molar-refractivity contribution in [3.63, 3.8) is 0 Å². The minimum absolute atomic E-state index is 0.0808. The van der Waals surface area contributed by atoms with Gasteiger partial charge in [-0.3, -0.25) is 4.79 Å². The number of rotatable bonds is 4. The Morgan fingerprint density at radius 2 is 1.92 bits per heavy atom. The Hall–Kier alpha value is -1.07. The molecule has 1 aromatic rings. The highest BCUT2D eigenvalue weighted by molar-refractivity contribution is 6.32. The molecule has 1 atom stereocenters. The SMILES string of the molecule is O=c1c(Cl)c(NC[C@H]2CCCO2)cnn1C12CC3CC(CC(C3)C1)C2. The molecule has 1 aliphatic heterocycles. The molecular formula is C19H26ClN3O2. The Morgan fingerprint density at radius 1 is 1.24 bits per heavy atom. The summed E-state index contributed by atoms with van der Waals surface area (Å²) in [6.07, 6.45) is 11.5. The molecule has 6 heteroatoms. The van der Waals surface area contributed by atoms with E-state index in [1.54, 1.807) is 10.9 Å². The molecule has 1 saturated heterocycles. The summed E-state index contributed by atoms with van der Waals surface area (Å²) in [5.74, 6) is 2.32. The Balaban J connectivity index is 1.41. The fourth-order valence-corrected chi connectivity index (χ4v) is 6.44. The van der Waals surface area contributed by atoms with Crippen LogP contribution in [0, 0.1) is 17.8 Å². The number of ether oxygens (including phenoxy) is 1. The smallest absolute Gasteiger partial charge is 0.288 e. The van der Waals surface area contributed by atoms with Crippen molar-refractivity contribution in [3.8, 4) is 0 Å². The molecule has 1 aromatic heterocycles. The van der Waals surface area contributed by atoms with Crippen LogP contribution in [-0.4, -0.2) is 29.0 Å². The third-order valence-corrected chi connectivity index (χ3v) is 7.28. The normalized spacial score (nSPS) is 39.1. The highest BCUT2D eigenvalue weighted by atomic mass is 35.5. The van der Waals surface area contributed by atoms with E-state index in [1.165, 1.54) is 19.3 Å². The van der Waals surface area contributed by atoms with Crippen LogP contribution >= 0.6 is 11.6 Å². The number of aromatic nitrogens is 2. The third kappa shape index (κ3) is 2.71. The largest absolute Gasteiger partial charge is 0.380 e. The maximum atomic E-state index is 13.0. The molecule has 0 radical (unpaired) electrons. The number of nitrogens with one attached hydrogen (secondary N) is 1. The standard InChI is InChI=1S/C19H26ClN3O2/c20-17-16(21-10-15-2-1-3-25-15)11-22-23(18(17)24)19-7-12-4-13(8-19)6-14(5-12)9-19/h11-15,21H,1-10H2/t12?,13?,14?,15-,19?/m1/s1. The minimum Gasteiger partial charge on any atom is -0.380 e. The fraction of sp³-hybridized carbons (Fsp3) is 0.789. The number of hydrogen-bond donors (Lipinski definition) is 1. The van der Waals surface area contributed by atoms with Gasteiger partial charge in [-0.2, -0.15) is 5.10 Å². The van der Waals surface area contributed by atoms with Gasteiger partial charge in [0.05, 0.1) is 23.5 Å². The van der Waals surface area contributed by atoms with Crippen molar-refractivity contribution in [2.75, 3.05) is 18.5 Å². The summed E-state index contributed by atoms with van der Waals surface area (Å²) < 4.78 is 7.37. The van der Waals surface area contributed by atoms with Crippen molar-refractivity contribution in [2.24, 2.45) is 17.8 Å².